The summed E-state index contributed by atoms with van der Waals surface area (Å²) in [7, 11) is 2.03. The zero-order valence-electron chi connectivity index (χ0n) is 18.2. The molecule has 1 heterocycles. The number of nitrogens with one attached hydrogen (secondary N) is 2. The summed E-state index contributed by atoms with van der Waals surface area (Å²) in [6.45, 7) is 3.25. The number of nitrogens with zero attached hydrogens (tertiary/aromatic N) is 3. The van der Waals surface area contributed by atoms with Crippen molar-refractivity contribution in [3.8, 4) is 0 Å². The van der Waals surface area contributed by atoms with Crippen LogP contribution in [0.4, 0.5) is 23.7 Å². The topological polar surface area (TPSA) is 83.7 Å². The molecule has 1 aliphatic heterocycles. The Bertz CT molecular complexity index is 980. The third-order valence-electron chi connectivity index (χ3n) is 5.31. The van der Waals surface area contributed by atoms with Crippen LogP contribution in [0.1, 0.15) is 17.5 Å². The van der Waals surface area contributed by atoms with E-state index in [0.717, 1.165) is 30.8 Å². The highest BCUT2D eigenvalue weighted by atomic mass is 19.4. The van der Waals surface area contributed by atoms with E-state index in [1.54, 1.807) is 17.0 Å². The zero-order chi connectivity index (χ0) is 24.0. The van der Waals surface area contributed by atoms with Crippen molar-refractivity contribution in [2.24, 2.45) is 0 Å². The summed E-state index contributed by atoms with van der Waals surface area (Å²) in [5, 5.41) is 14.6. The van der Waals surface area contributed by atoms with E-state index >= 15 is 0 Å². The first-order chi connectivity index (χ1) is 15.6. The number of halogens is 3. The van der Waals surface area contributed by atoms with Crippen LogP contribution in [0.2, 0.25) is 0 Å². The molecule has 2 amide bonds. The summed E-state index contributed by atoms with van der Waals surface area (Å²) in [6, 6.07) is 15.3. The van der Waals surface area contributed by atoms with Gasteiger partial charge in [0.2, 0.25) is 5.90 Å². The molecule has 7 nitrogen and oxygen atoms in total. The van der Waals surface area contributed by atoms with Crippen LogP contribution >= 0.6 is 0 Å². The molecule has 10 heteroatoms. The van der Waals surface area contributed by atoms with Crippen molar-refractivity contribution < 1.29 is 22.7 Å². The Hall–Kier alpha value is -3.40. The lowest BCUT2D eigenvalue weighted by Crippen LogP contribution is -2.44. The number of anilines is 1. The van der Waals surface area contributed by atoms with E-state index in [0.29, 0.717) is 13.1 Å². The molecule has 1 saturated heterocycles. The maximum Gasteiger partial charge on any atom is 0.468 e. The van der Waals surface area contributed by atoms with Gasteiger partial charge in [-0.25, -0.2) is 4.79 Å². The molecule has 1 fully saturated rings. The highest BCUT2D eigenvalue weighted by molar-refractivity contribution is 6.00. The van der Waals surface area contributed by atoms with Gasteiger partial charge in [-0.15, -0.1) is 0 Å². The molecule has 0 spiro atoms. The van der Waals surface area contributed by atoms with Crippen LogP contribution < -0.4 is 4.90 Å². The average molecular weight is 461 g/mol. The number of ether oxygens (including phenoxy) is 1. The molecule has 0 aliphatic carbocycles. The highest BCUT2D eigenvalue weighted by Crippen LogP contribution is 2.21. The summed E-state index contributed by atoms with van der Waals surface area (Å²) in [6.07, 6.45) is -4.07. The van der Waals surface area contributed by atoms with Crippen LogP contribution in [-0.2, 0) is 11.3 Å². The molecule has 2 aromatic rings. The van der Waals surface area contributed by atoms with E-state index in [-0.39, 0.29) is 18.1 Å². The first-order valence-corrected chi connectivity index (χ1v) is 10.5. The molecular formula is C23H26F3N5O2. The molecule has 2 N–H and O–H groups in total. The molecule has 33 heavy (non-hydrogen) atoms. The molecule has 0 unspecified atom stereocenters. The molecule has 0 bridgehead atoms. The lowest BCUT2D eigenvalue weighted by Gasteiger charge is -2.30. The Morgan fingerprint density at radius 2 is 1.67 bits per heavy atom. The average Bonchev–Trinajstić information content (AvgIpc) is 3.01. The van der Waals surface area contributed by atoms with Crippen LogP contribution in [-0.4, -0.2) is 67.0 Å². The monoisotopic (exact) mass is 461 g/mol. The van der Waals surface area contributed by atoms with Gasteiger partial charge in [-0.3, -0.25) is 15.7 Å². The second-order valence-electron chi connectivity index (χ2n) is 7.80. The van der Waals surface area contributed by atoms with Gasteiger partial charge in [-0.1, -0.05) is 30.3 Å². The fraction of sp³-hybridized carbons (Fsp3) is 0.348. The molecule has 0 atom stereocenters. The summed E-state index contributed by atoms with van der Waals surface area (Å²) < 4.78 is 41.7. The second-order valence-corrected chi connectivity index (χ2v) is 7.80. The molecule has 0 aromatic heterocycles. The van der Waals surface area contributed by atoms with E-state index in [4.69, 9.17) is 10.8 Å². The zero-order valence-corrected chi connectivity index (χ0v) is 18.2. The first-order valence-electron chi connectivity index (χ1n) is 10.5. The maximum absolute atomic E-state index is 13.4. The van der Waals surface area contributed by atoms with Crippen LogP contribution in [0.25, 0.3) is 0 Å². The van der Waals surface area contributed by atoms with E-state index < -0.39 is 18.0 Å². The smallest absolute Gasteiger partial charge is 0.416 e. The van der Waals surface area contributed by atoms with Crippen molar-refractivity contribution in [2.75, 3.05) is 38.1 Å². The summed E-state index contributed by atoms with van der Waals surface area (Å²) in [5.74, 6) is -2.71. The van der Waals surface area contributed by atoms with Gasteiger partial charge < -0.3 is 14.5 Å². The minimum atomic E-state index is -4.95. The number of hydrogen-bond donors (Lipinski definition) is 2. The number of carbonyl (C=O) groups excluding carboxylic acids is 1. The molecule has 1 aliphatic rings. The molecule has 176 valence electrons. The number of amides is 2. The number of rotatable bonds is 4. The Labute approximate surface area is 190 Å². The summed E-state index contributed by atoms with van der Waals surface area (Å²) in [4.78, 5) is 19.1. The van der Waals surface area contributed by atoms with Gasteiger partial charge in [-0.2, -0.15) is 13.2 Å². The fourth-order valence-corrected chi connectivity index (χ4v) is 3.45. The van der Waals surface area contributed by atoms with Crippen LogP contribution in [0.5, 0.6) is 0 Å². The van der Waals surface area contributed by atoms with Crippen molar-refractivity contribution in [1.29, 1.82) is 10.8 Å². The Kier molecular flexibility index (Phi) is 7.70. The van der Waals surface area contributed by atoms with E-state index in [2.05, 4.69) is 9.64 Å². The van der Waals surface area contributed by atoms with Crippen molar-refractivity contribution >= 4 is 23.5 Å². The van der Waals surface area contributed by atoms with Crippen molar-refractivity contribution in [2.45, 2.75) is 19.1 Å². The SMILES string of the molecule is CN1CCCN(C(=O)N(Cc2ccc(C(=N)OC(=N)C(F)(F)F)cc2)c2ccccc2)CC1. The number of hydrogen-bond acceptors (Lipinski definition) is 5. The standard InChI is InChI=1S/C23H26F3N5O2/c1-29-12-5-13-30(15-14-29)22(32)31(19-6-3-2-4-7-19)16-17-8-10-18(11-9-17)20(27)33-21(28)23(24,25)26/h2-4,6-11,27-28H,5,12-16H2,1H3. The van der Waals surface area contributed by atoms with Gasteiger partial charge in [0.1, 0.15) is 0 Å². The molecule has 2 aromatic carbocycles. The molecular weight excluding hydrogens is 435 g/mol. The predicted molar refractivity (Wildman–Crippen MR) is 120 cm³/mol. The third kappa shape index (κ3) is 6.55. The number of likely N-dealkylation sites (N-methyl/N-ethyl adjacent to an activating group) is 1. The first kappa shape index (κ1) is 24.2. The van der Waals surface area contributed by atoms with E-state index in [9.17, 15) is 18.0 Å². The van der Waals surface area contributed by atoms with Crippen molar-refractivity contribution in [3.05, 3.63) is 65.7 Å². The van der Waals surface area contributed by atoms with E-state index in [1.165, 1.54) is 12.1 Å². The van der Waals surface area contributed by atoms with Crippen LogP contribution in [0, 0.1) is 10.8 Å². The quantitative estimate of drug-likeness (QED) is 0.525. The predicted octanol–water partition coefficient (Wildman–Crippen LogP) is 4.33. The van der Waals surface area contributed by atoms with Crippen LogP contribution in [0.15, 0.2) is 54.6 Å². The molecule has 0 radical (unpaired) electrons. The van der Waals surface area contributed by atoms with E-state index in [1.807, 2.05) is 42.3 Å². The van der Waals surface area contributed by atoms with Gasteiger partial charge in [0, 0.05) is 30.9 Å². The van der Waals surface area contributed by atoms with Gasteiger partial charge >= 0.3 is 12.2 Å². The maximum atomic E-state index is 13.4. The lowest BCUT2D eigenvalue weighted by molar-refractivity contribution is -0.0727. The van der Waals surface area contributed by atoms with Crippen molar-refractivity contribution in [1.82, 2.24) is 9.80 Å². The summed E-state index contributed by atoms with van der Waals surface area (Å²) in [5.41, 5.74) is 1.57. The number of benzene rings is 2. The largest absolute Gasteiger partial charge is 0.468 e. The Morgan fingerprint density at radius 3 is 2.30 bits per heavy atom. The van der Waals surface area contributed by atoms with Gasteiger partial charge in [0.25, 0.3) is 5.90 Å². The minimum absolute atomic E-state index is 0.0980. The number of urea groups is 1. The third-order valence-corrected chi connectivity index (χ3v) is 5.31. The second kappa shape index (κ2) is 10.5. The number of para-hydroxylation sites is 1. The van der Waals surface area contributed by atoms with Crippen LogP contribution in [0.3, 0.4) is 0 Å². The normalized spacial score (nSPS) is 15.0. The Balaban J connectivity index is 1.75. The lowest BCUT2D eigenvalue weighted by atomic mass is 10.1. The highest BCUT2D eigenvalue weighted by Gasteiger charge is 2.38. The fourth-order valence-electron chi connectivity index (χ4n) is 3.45. The molecule has 0 saturated carbocycles. The van der Waals surface area contributed by atoms with Gasteiger partial charge in [0.15, 0.2) is 0 Å². The van der Waals surface area contributed by atoms with Gasteiger partial charge in [-0.05, 0) is 49.8 Å². The summed E-state index contributed by atoms with van der Waals surface area (Å²) >= 11 is 0. The molecule has 3 rings (SSSR count). The van der Waals surface area contributed by atoms with Gasteiger partial charge in [0.05, 0.1) is 6.54 Å². The number of carbonyl (C=O) groups is 1. The number of alkyl halides is 3. The minimum Gasteiger partial charge on any atom is -0.416 e. The Morgan fingerprint density at radius 1 is 1.00 bits per heavy atom. The van der Waals surface area contributed by atoms with Crippen molar-refractivity contribution in [3.63, 3.8) is 0 Å².